The zero-order valence-corrected chi connectivity index (χ0v) is 8.36. The normalized spacial score (nSPS) is 12.9. The van der Waals surface area contributed by atoms with Gasteiger partial charge in [0.05, 0.1) is 6.61 Å². The van der Waals surface area contributed by atoms with Crippen LogP contribution in [0.4, 0.5) is 0 Å². The fourth-order valence-corrected chi connectivity index (χ4v) is 0.746. The quantitative estimate of drug-likeness (QED) is 0.348. The highest BCUT2D eigenvalue weighted by atomic mass is 17.0. The van der Waals surface area contributed by atoms with Gasteiger partial charge < -0.3 is 9.57 Å². The number of rotatable bonds is 7. The molecule has 13 heavy (non-hydrogen) atoms. The Morgan fingerprint density at radius 3 is 2.46 bits per heavy atom. The molecule has 0 aliphatic heterocycles. The molecule has 0 radical (unpaired) electrons. The molecule has 1 unspecified atom stereocenters. The summed E-state index contributed by atoms with van der Waals surface area (Å²) in [5, 5.41) is 9.08. The van der Waals surface area contributed by atoms with E-state index in [0.29, 0.717) is 12.5 Å². The molecule has 0 spiro atoms. The number of nitrogens with zero attached hydrogens (tertiary/aromatic N) is 1. The van der Waals surface area contributed by atoms with Gasteiger partial charge in [-0.15, -0.1) is 10.1 Å². The van der Waals surface area contributed by atoms with Crippen molar-refractivity contribution >= 4 is 0 Å². The topological polar surface area (TPSA) is 61.6 Å². The van der Waals surface area contributed by atoms with Gasteiger partial charge in [-0.2, -0.15) is 0 Å². The van der Waals surface area contributed by atoms with Gasteiger partial charge in [-0.3, -0.25) is 0 Å². The van der Waals surface area contributed by atoms with E-state index in [1.54, 1.807) is 6.92 Å². The molecule has 0 aromatic rings. The monoisotopic (exact) mass is 191 g/mol. The number of hydrogen-bond acceptors (Lipinski definition) is 4. The lowest BCUT2D eigenvalue weighted by Gasteiger charge is -2.10. The van der Waals surface area contributed by atoms with Gasteiger partial charge in [0, 0.05) is 6.61 Å². The minimum atomic E-state index is -0.795. The molecule has 0 bridgehead atoms. The molecule has 0 saturated carbocycles. The van der Waals surface area contributed by atoms with Crippen LogP contribution >= 0.6 is 0 Å². The molecule has 0 saturated heterocycles. The number of ether oxygens (including phenoxy) is 1. The summed E-state index contributed by atoms with van der Waals surface area (Å²) in [6.45, 7) is 6.70. The van der Waals surface area contributed by atoms with Crippen LogP contribution < -0.4 is 0 Å². The van der Waals surface area contributed by atoms with E-state index < -0.39 is 11.2 Å². The standard InChI is InChI=1S/C8H17NO4/c1-7(2)4-5-12-6-8(3)13-9(10)11/h7-8H,4-6H2,1-3H3. The van der Waals surface area contributed by atoms with Gasteiger partial charge >= 0.3 is 0 Å². The zero-order valence-electron chi connectivity index (χ0n) is 8.36. The third kappa shape index (κ3) is 9.07. The van der Waals surface area contributed by atoms with Crippen LogP contribution in [0.2, 0.25) is 0 Å². The van der Waals surface area contributed by atoms with Crippen LogP contribution in [0.5, 0.6) is 0 Å². The molecule has 0 aromatic heterocycles. The van der Waals surface area contributed by atoms with Gasteiger partial charge in [0.1, 0.15) is 6.10 Å². The molecule has 0 rings (SSSR count). The summed E-state index contributed by atoms with van der Waals surface area (Å²) in [6.07, 6.45) is 0.479. The van der Waals surface area contributed by atoms with Crippen molar-refractivity contribution in [3.8, 4) is 0 Å². The van der Waals surface area contributed by atoms with Crippen LogP contribution in [-0.2, 0) is 9.57 Å². The van der Waals surface area contributed by atoms with E-state index in [4.69, 9.17) is 4.74 Å². The van der Waals surface area contributed by atoms with Gasteiger partial charge in [0.25, 0.3) is 5.09 Å². The van der Waals surface area contributed by atoms with E-state index in [-0.39, 0.29) is 6.61 Å². The van der Waals surface area contributed by atoms with Crippen molar-refractivity contribution in [2.75, 3.05) is 13.2 Å². The number of hydrogen-bond donors (Lipinski definition) is 0. The highest BCUT2D eigenvalue weighted by molar-refractivity contribution is 4.46. The van der Waals surface area contributed by atoms with Gasteiger partial charge in [-0.25, -0.2) is 0 Å². The highest BCUT2D eigenvalue weighted by Crippen LogP contribution is 2.00. The Bertz CT molecular complexity index is 149. The molecule has 0 N–H and O–H groups in total. The molecular formula is C8H17NO4. The van der Waals surface area contributed by atoms with E-state index in [2.05, 4.69) is 18.7 Å². The maximum Gasteiger partial charge on any atom is 0.294 e. The van der Waals surface area contributed by atoms with Crippen LogP contribution in [-0.4, -0.2) is 24.4 Å². The first-order valence-electron chi connectivity index (χ1n) is 4.41. The lowest BCUT2D eigenvalue weighted by Crippen LogP contribution is -2.19. The molecule has 1 atom stereocenters. The van der Waals surface area contributed by atoms with Crippen LogP contribution in [0.3, 0.4) is 0 Å². The fourth-order valence-electron chi connectivity index (χ4n) is 0.746. The summed E-state index contributed by atoms with van der Waals surface area (Å²) in [5.74, 6) is 0.590. The third-order valence-electron chi connectivity index (χ3n) is 1.46. The summed E-state index contributed by atoms with van der Waals surface area (Å²) < 4.78 is 5.18. The third-order valence-corrected chi connectivity index (χ3v) is 1.46. The summed E-state index contributed by atoms with van der Waals surface area (Å²) in [4.78, 5) is 14.1. The fraction of sp³-hybridized carbons (Fsp3) is 1.00. The maximum atomic E-state index is 9.88. The van der Waals surface area contributed by atoms with Crippen molar-refractivity contribution in [2.24, 2.45) is 5.92 Å². The summed E-state index contributed by atoms with van der Waals surface area (Å²) in [6, 6.07) is 0. The first-order valence-corrected chi connectivity index (χ1v) is 4.41. The molecule has 0 aromatic carbocycles. The maximum absolute atomic E-state index is 9.88. The van der Waals surface area contributed by atoms with Crippen molar-refractivity contribution in [1.82, 2.24) is 0 Å². The van der Waals surface area contributed by atoms with Gasteiger partial charge in [-0.05, 0) is 19.3 Å². The Hall–Kier alpha value is -0.840. The van der Waals surface area contributed by atoms with E-state index in [1.165, 1.54) is 0 Å². The summed E-state index contributed by atoms with van der Waals surface area (Å²) in [7, 11) is 0. The molecule has 0 aliphatic rings. The second-order valence-corrected chi connectivity index (χ2v) is 3.40. The van der Waals surface area contributed by atoms with Crippen LogP contribution in [0.1, 0.15) is 27.2 Å². The first kappa shape index (κ1) is 12.2. The largest absolute Gasteiger partial charge is 0.379 e. The van der Waals surface area contributed by atoms with E-state index in [1.807, 2.05) is 0 Å². The van der Waals surface area contributed by atoms with Crippen LogP contribution in [0, 0.1) is 16.0 Å². The molecule has 5 heteroatoms. The summed E-state index contributed by atoms with van der Waals surface area (Å²) >= 11 is 0. The average Bonchev–Trinajstić information content (AvgIpc) is 1.96. The predicted molar refractivity (Wildman–Crippen MR) is 47.8 cm³/mol. The van der Waals surface area contributed by atoms with Crippen molar-refractivity contribution in [3.05, 3.63) is 10.1 Å². The molecule has 0 heterocycles. The second kappa shape index (κ2) is 6.65. The van der Waals surface area contributed by atoms with Gasteiger partial charge in [-0.1, -0.05) is 13.8 Å². The lowest BCUT2D eigenvalue weighted by atomic mass is 10.1. The first-order chi connectivity index (χ1) is 6.02. The average molecular weight is 191 g/mol. The van der Waals surface area contributed by atoms with Crippen molar-refractivity contribution in [2.45, 2.75) is 33.3 Å². The van der Waals surface area contributed by atoms with Crippen LogP contribution in [0.15, 0.2) is 0 Å². The van der Waals surface area contributed by atoms with Crippen molar-refractivity contribution in [3.63, 3.8) is 0 Å². The Morgan fingerprint density at radius 2 is 2.00 bits per heavy atom. The van der Waals surface area contributed by atoms with Crippen LogP contribution in [0.25, 0.3) is 0 Å². The molecule has 0 fully saturated rings. The van der Waals surface area contributed by atoms with Gasteiger partial charge in [0.15, 0.2) is 0 Å². The molecule has 5 nitrogen and oxygen atoms in total. The molecular weight excluding hydrogens is 174 g/mol. The second-order valence-electron chi connectivity index (χ2n) is 3.40. The van der Waals surface area contributed by atoms with E-state index in [9.17, 15) is 10.1 Å². The molecule has 0 amide bonds. The minimum Gasteiger partial charge on any atom is -0.379 e. The SMILES string of the molecule is CC(C)CCOCC(C)O[N+](=O)[O-]. The van der Waals surface area contributed by atoms with Crippen molar-refractivity contribution < 1.29 is 14.7 Å². The summed E-state index contributed by atoms with van der Waals surface area (Å²) in [5.41, 5.74) is 0. The Labute approximate surface area is 78.1 Å². The minimum absolute atomic E-state index is 0.272. The predicted octanol–water partition coefficient (Wildman–Crippen LogP) is 1.65. The Morgan fingerprint density at radius 1 is 1.38 bits per heavy atom. The lowest BCUT2D eigenvalue weighted by molar-refractivity contribution is -0.768. The van der Waals surface area contributed by atoms with Crippen molar-refractivity contribution in [1.29, 1.82) is 0 Å². The van der Waals surface area contributed by atoms with E-state index >= 15 is 0 Å². The van der Waals surface area contributed by atoms with E-state index in [0.717, 1.165) is 6.42 Å². The zero-order chi connectivity index (χ0) is 10.3. The Balaban J connectivity index is 3.26. The highest BCUT2D eigenvalue weighted by Gasteiger charge is 2.06. The van der Waals surface area contributed by atoms with Gasteiger partial charge in [0.2, 0.25) is 0 Å². The molecule has 78 valence electrons. The Kier molecular flexibility index (Phi) is 6.22. The smallest absolute Gasteiger partial charge is 0.294 e. The molecule has 0 aliphatic carbocycles.